The molecular formula is C62H45N. The van der Waals surface area contributed by atoms with Gasteiger partial charge >= 0.3 is 0 Å². The van der Waals surface area contributed by atoms with E-state index >= 15 is 0 Å². The van der Waals surface area contributed by atoms with Crippen molar-refractivity contribution in [2.45, 2.75) is 24.7 Å². The molecule has 0 radical (unpaired) electrons. The standard InChI is InChI=1S/C62H45N/c1-61(2)57-29-17-15-27-53(57)55-34-33-51(41-59(55)61)63(52-37-45(42-19-7-3-8-20-42)35-46(38-52)43-21-9-4-10-22-43)50-32-31-44-39-56-54-28-16-18-30-58(54)62(48-23-11-5-12-24-48,49-25-13-6-14-26-49)60(56)40-47(44)36-50/h3-41H,1-2H3. The first-order valence-corrected chi connectivity index (χ1v) is 22.1. The van der Waals surface area contributed by atoms with Crippen molar-refractivity contribution in [2.75, 3.05) is 4.90 Å². The van der Waals surface area contributed by atoms with Gasteiger partial charge in [0.05, 0.1) is 5.41 Å². The molecule has 0 aliphatic heterocycles. The molecule has 0 atom stereocenters. The van der Waals surface area contributed by atoms with Crippen LogP contribution in [0.25, 0.3) is 55.3 Å². The average Bonchev–Trinajstić information content (AvgIpc) is 3.76. The number of hydrogen-bond donors (Lipinski definition) is 0. The zero-order valence-corrected chi connectivity index (χ0v) is 35.5. The van der Waals surface area contributed by atoms with Gasteiger partial charge in [-0.05, 0) is 143 Å². The maximum absolute atomic E-state index is 2.49. The van der Waals surface area contributed by atoms with E-state index in [1.807, 2.05) is 0 Å². The van der Waals surface area contributed by atoms with Crippen LogP contribution in [0.3, 0.4) is 0 Å². The Morgan fingerprint density at radius 1 is 0.286 bits per heavy atom. The minimum absolute atomic E-state index is 0.147. The summed E-state index contributed by atoms with van der Waals surface area (Å²) in [6.45, 7) is 4.74. The minimum atomic E-state index is -0.479. The van der Waals surface area contributed by atoms with Crippen LogP contribution >= 0.6 is 0 Å². The van der Waals surface area contributed by atoms with E-state index < -0.39 is 5.41 Å². The molecule has 0 saturated heterocycles. The SMILES string of the molecule is CC1(C)c2ccccc2-c2ccc(N(c3cc(-c4ccccc4)cc(-c4ccccc4)c3)c3ccc4cc5c(cc4c3)C(c3ccccc3)(c3ccccc3)c3ccccc3-5)cc21. The Kier molecular flexibility index (Phi) is 8.49. The summed E-state index contributed by atoms with van der Waals surface area (Å²) in [5.74, 6) is 0. The minimum Gasteiger partial charge on any atom is -0.310 e. The first-order chi connectivity index (χ1) is 31.0. The van der Waals surface area contributed by atoms with Gasteiger partial charge in [0.25, 0.3) is 0 Å². The van der Waals surface area contributed by atoms with Gasteiger partial charge in [-0.15, -0.1) is 0 Å². The van der Waals surface area contributed by atoms with Crippen LogP contribution in [0.2, 0.25) is 0 Å². The van der Waals surface area contributed by atoms with Gasteiger partial charge in [0.2, 0.25) is 0 Å². The Morgan fingerprint density at radius 2 is 0.778 bits per heavy atom. The summed E-state index contributed by atoms with van der Waals surface area (Å²) >= 11 is 0. The second-order valence-electron chi connectivity index (χ2n) is 17.7. The topological polar surface area (TPSA) is 3.24 Å². The van der Waals surface area contributed by atoms with Crippen molar-refractivity contribution in [1.29, 1.82) is 0 Å². The number of nitrogens with zero attached hydrogens (tertiary/aromatic N) is 1. The van der Waals surface area contributed by atoms with Gasteiger partial charge < -0.3 is 4.90 Å². The van der Waals surface area contributed by atoms with Crippen molar-refractivity contribution in [3.8, 4) is 44.5 Å². The Bertz CT molecular complexity index is 3250. The van der Waals surface area contributed by atoms with E-state index in [0.717, 1.165) is 17.1 Å². The van der Waals surface area contributed by atoms with Gasteiger partial charge in [0.15, 0.2) is 0 Å². The molecule has 0 bridgehead atoms. The largest absolute Gasteiger partial charge is 0.310 e. The lowest BCUT2D eigenvalue weighted by molar-refractivity contribution is 0.660. The molecule has 0 amide bonds. The Hall–Kier alpha value is -7.74. The third-order valence-electron chi connectivity index (χ3n) is 13.9. The van der Waals surface area contributed by atoms with E-state index in [1.165, 1.54) is 88.7 Å². The smallest absolute Gasteiger partial charge is 0.0713 e. The predicted molar refractivity (Wildman–Crippen MR) is 264 cm³/mol. The predicted octanol–water partition coefficient (Wildman–Crippen LogP) is 16.3. The van der Waals surface area contributed by atoms with Crippen molar-refractivity contribution >= 4 is 27.8 Å². The third-order valence-corrected chi connectivity index (χ3v) is 13.9. The number of hydrogen-bond acceptors (Lipinski definition) is 1. The molecule has 1 heteroatoms. The number of benzene rings is 10. The van der Waals surface area contributed by atoms with E-state index in [0.29, 0.717) is 0 Å². The molecule has 0 N–H and O–H groups in total. The number of anilines is 3. The summed E-state index contributed by atoms with van der Waals surface area (Å²) in [5.41, 5.74) is 20.6. The zero-order chi connectivity index (χ0) is 42.1. The summed E-state index contributed by atoms with van der Waals surface area (Å²) in [6, 6.07) is 87.9. The fourth-order valence-corrected chi connectivity index (χ4v) is 10.9. The van der Waals surface area contributed by atoms with Gasteiger partial charge in [-0.1, -0.05) is 196 Å². The van der Waals surface area contributed by atoms with Crippen LogP contribution in [0.15, 0.2) is 237 Å². The molecule has 63 heavy (non-hydrogen) atoms. The molecule has 0 fully saturated rings. The van der Waals surface area contributed by atoms with Gasteiger partial charge in [-0.3, -0.25) is 0 Å². The molecule has 1 nitrogen and oxygen atoms in total. The Morgan fingerprint density at radius 3 is 1.40 bits per heavy atom. The summed E-state index contributed by atoms with van der Waals surface area (Å²) in [7, 11) is 0. The van der Waals surface area contributed by atoms with Crippen LogP contribution in [0.1, 0.15) is 47.2 Å². The highest BCUT2D eigenvalue weighted by Crippen LogP contribution is 2.57. The van der Waals surface area contributed by atoms with Crippen molar-refractivity contribution in [1.82, 2.24) is 0 Å². The van der Waals surface area contributed by atoms with Crippen molar-refractivity contribution < 1.29 is 0 Å². The Balaban J connectivity index is 1.11. The lowest BCUT2D eigenvalue weighted by Crippen LogP contribution is -2.28. The highest BCUT2D eigenvalue weighted by Gasteiger charge is 2.46. The molecule has 0 unspecified atom stereocenters. The molecule has 12 rings (SSSR count). The van der Waals surface area contributed by atoms with E-state index in [9.17, 15) is 0 Å². The second kappa shape index (κ2) is 14.4. The molecular weight excluding hydrogens is 759 g/mol. The second-order valence-corrected chi connectivity index (χ2v) is 17.7. The average molecular weight is 804 g/mol. The first kappa shape index (κ1) is 37.1. The highest BCUT2D eigenvalue weighted by molar-refractivity contribution is 5.99. The normalized spacial score (nSPS) is 13.8. The summed E-state index contributed by atoms with van der Waals surface area (Å²) in [5, 5.41) is 2.43. The molecule has 298 valence electrons. The zero-order valence-electron chi connectivity index (χ0n) is 35.5. The maximum atomic E-state index is 2.49. The lowest BCUT2D eigenvalue weighted by Gasteiger charge is -2.34. The van der Waals surface area contributed by atoms with Crippen molar-refractivity contribution in [3.05, 3.63) is 270 Å². The van der Waals surface area contributed by atoms with Crippen LogP contribution in [-0.2, 0) is 10.8 Å². The van der Waals surface area contributed by atoms with Gasteiger partial charge in [0.1, 0.15) is 0 Å². The van der Waals surface area contributed by atoms with Crippen LogP contribution in [-0.4, -0.2) is 0 Å². The summed E-state index contributed by atoms with van der Waals surface area (Å²) in [6.07, 6.45) is 0. The van der Waals surface area contributed by atoms with Crippen LogP contribution < -0.4 is 4.90 Å². The molecule has 0 aromatic heterocycles. The molecule has 0 spiro atoms. The fourth-order valence-electron chi connectivity index (χ4n) is 10.9. The van der Waals surface area contributed by atoms with Gasteiger partial charge in [0, 0.05) is 22.5 Å². The molecule has 10 aromatic rings. The highest BCUT2D eigenvalue weighted by atomic mass is 15.1. The quantitative estimate of drug-likeness (QED) is 0.155. The summed E-state index contributed by atoms with van der Waals surface area (Å²) in [4.78, 5) is 2.49. The molecule has 0 heterocycles. The summed E-state index contributed by atoms with van der Waals surface area (Å²) < 4.78 is 0. The van der Waals surface area contributed by atoms with E-state index in [4.69, 9.17) is 0 Å². The van der Waals surface area contributed by atoms with E-state index in [1.54, 1.807) is 0 Å². The van der Waals surface area contributed by atoms with E-state index in [-0.39, 0.29) is 5.41 Å². The molecule has 2 aliphatic rings. The molecule has 0 saturated carbocycles. The van der Waals surface area contributed by atoms with Crippen molar-refractivity contribution in [3.63, 3.8) is 0 Å². The van der Waals surface area contributed by atoms with Crippen LogP contribution in [0.4, 0.5) is 17.1 Å². The van der Waals surface area contributed by atoms with Gasteiger partial charge in [-0.25, -0.2) is 0 Å². The number of fused-ring (bicyclic) bond motifs is 7. The maximum Gasteiger partial charge on any atom is 0.0713 e. The first-order valence-electron chi connectivity index (χ1n) is 22.1. The van der Waals surface area contributed by atoms with Crippen LogP contribution in [0.5, 0.6) is 0 Å². The molecule has 2 aliphatic carbocycles. The third kappa shape index (κ3) is 5.77. The van der Waals surface area contributed by atoms with Gasteiger partial charge in [-0.2, -0.15) is 0 Å². The number of rotatable bonds is 7. The monoisotopic (exact) mass is 803 g/mol. The molecule has 10 aromatic carbocycles. The van der Waals surface area contributed by atoms with Crippen LogP contribution in [0, 0.1) is 0 Å². The lowest BCUT2D eigenvalue weighted by atomic mass is 9.67. The van der Waals surface area contributed by atoms with E-state index in [2.05, 4.69) is 255 Å². The fraction of sp³-hybridized carbons (Fsp3) is 0.0645. The Labute approximate surface area is 370 Å². The van der Waals surface area contributed by atoms with Crippen molar-refractivity contribution in [2.24, 2.45) is 0 Å².